The quantitative estimate of drug-likeness (QED) is 0.456. The Bertz CT molecular complexity index is 12.8. The molecule has 0 unspecified atom stereocenters. The SMILES string of the molecule is [BaH+].[OH-].[O]=[GaH].[O]=[GeH2]. The van der Waals surface area contributed by atoms with Crippen molar-refractivity contribution >= 4 is 83.9 Å². The molecule has 0 rings (SSSR count). The van der Waals surface area contributed by atoms with Gasteiger partial charge in [0.25, 0.3) is 0 Å². The maximum atomic E-state index is 8.38. The van der Waals surface area contributed by atoms with E-state index < -0.39 is 0 Å². The summed E-state index contributed by atoms with van der Waals surface area (Å²) in [4.78, 5) is 0. The van der Waals surface area contributed by atoms with E-state index in [1.54, 1.807) is 0 Å². The molecule has 0 aromatic carbocycles. The van der Waals surface area contributed by atoms with Crippen molar-refractivity contribution in [3.8, 4) is 0 Å². The van der Waals surface area contributed by atoms with Crippen LogP contribution in [0.25, 0.3) is 0 Å². The molecule has 0 atom stereocenters. The average molecular weight is 333 g/mol. The first kappa shape index (κ1) is 23.9. The van der Waals surface area contributed by atoms with Crippen LogP contribution in [-0.4, -0.2) is 89.4 Å². The van der Waals surface area contributed by atoms with Crippen LogP contribution in [0, 0.1) is 0 Å². The molecule has 0 aromatic rings. The summed E-state index contributed by atoms with van der Waals surface area (Å²) in [7, 11) is 0. The molecule has 0 aliphatic carbocycles. The zero-order valence-electron chi connectivity index (χ0n) is 3.68. The molecular weight excluding hydrogens is 328 g/mol. The fourth-order valence-corrected chi connectivity index (χ4v) is 0. The second kappa shape index (κ2) is 54.5. The molecule has 0 aliphatic heterocycles. The molecule has 0 aliphatic rings. The van der Waals surface area contributed by atoms with Gasteiger partial charge >= 0.3 is 91.2 Å². The third-order valence-corrected chi connectivity index (χ3v) is 0. The molecule has 0 radical (unpaired) electrons. The van der Waals surface area contributed by atoms with Gasteiger partial charge in [-0.2, -0.15) is 0 Å². The van der Waals surface area contributed by atoms with Gasteiger partial charge in [-0.3, -0.25) is 0 Å². The predicted molar refractivity (Wildman–Crippen MR) is 26.2 cm³/mol. The molecule has 0 bridgehead atoms. The molecule has 6 heavy (non-hydrogen) atoms. The average Bonchev–Trinajstić information content (AvgIpc) is 1.50. The molecule has 0 saturated heterocycles. The summed E-state index contributed by atoms with van der Waals surface area (Å²) in [5.74, 6) is 0. The van der Waals surface area contributed by atoms with E-state index in [1.165, 1.54) is 0 Å². The summed E-state index contributed by atoms with van der Waals surface area (Å²) in [5.41, 5.74) is 0. The van der Waals surface area contributed by atoms with Gasteiger partial charge in [-0.25, -0.2) is 0 Å². The van der Waals surface area contributed by atoms with Crippen molar-refractivity contribution in [3.05, 3.63) is 0 Å². The maximum absolute atomic E-state index is 8.38. The monoisotopic (exact) mass is 334 g/mol. The third-order valence-electron chi connectivity index (χ3n) is 0. The molecule has 0 amide bonds. The molecule has 0 fully saturated rings. The normalized spacial score (nSPS) is 1.17. The molecule has 1 N–H and O–H groups in total. The molecule has 6 heteroatoms. The van der Waals surface area contributed by atoms with Crippen molar-refractivity contribution < 1.29 is 12.8 Å². The van der Waals surface area contributed by atoms with Crippen LogP contribution in [0.1, 0.15) is 0 Å². The topological polar surface area (TPSA) is 64.1 Å². The fourth-order valence-electron chi connectivity index (χ4n) is 0. The second-order valence-electron chi connectivity index (χ2n) is 0. The van der Waals surface area contributed by atoms with Crippen LogP contribution in [0.4, 0.5) is 0 Å². The van der Waals surface area contributed by atoms with Gasteiger partial charge in [-0.1, -0.05) is 0 Å². The van der Waals surface area contributed by atoms with Gasteiger partial charge in [0.15, 0.2) is 0 Å². The summed E-state index contributed by atoms with van der Waals surface area (Å²) in [6, 6.07) is 0. The predicted octanol–water partition coefficient (Wildman–Crippen LogP) is -2.63. The Labute approximate surface area is 94.6 Å². The van der Waals surface area contributed by atoms with E-state index in [2.05, 4.69) is 0 Å². The van der Waals surface area contributed by atoms with Gasteiger partial charge < -0.3 is 5.48 Å². The van der Waals surface area contributed by atoms with E-state index in [9.17, 15) is 0 Å². The summed E-state index contributed by atoms with van der Waals surface area (Å²) in [6.45, 7) is 0. The van der Waals surface area contributed by atoms with E-state index >= 15 is 0 Å². The number of hydrogen-bond donors (Lipinski definition) is 0. The standard InChI is InChI=1S/Ba.Ga.GeH2O.H2O.O.2H/c;;1-2;;;;/h;;1H2;1H2;;;/q+1;;;;;;/p-1. The van der Waals surface area contributed by atoms with Crippen molar-refractivity contribution in [2.45, 2.75) is 0 Å². The van der Waals surface area contributed by atoms with Crippen molar-refractivity contribution in [2.75, 3.05) is 0 Å². The Morgan fingerprint density at radius 2 is 1.17 bits per heavy atom. The van der Waals surface area contributed by atoms with Gasteiger partial charge in [-0.05, 0) is 0 Å². The van der Waals surface area contributed by atoms with Crippen molar-refractivity contribution in [1.29, 1.82) is 0 Å². The van der Waals surface area contributed by atoms with Gasteiger partial charge in [0.2, 0.25) is 0 Å². The Morgan fingerprint density at radius 3 is 1.17 bits per heavy atom. The first-order valence-electron chi connectivity index (χ1n) is 0.577. The Hall–Kier alpha value is 2.31. The Kier molecular flexibility index (Phi) is 217. The Morgan fingerprint density at radius 1 is 1.17 bits per heavy atom. The van der Waals surface area contributed by atoms with Crippen molar-refractivity contribution in [3.63, 3.8) is 0 Å². The van der Waals surface area contributed by atoms with Crippen molar-refractivity contribution in [2.24, 2.45) is 0 Å². The molecule has 32 valence electrons. The zero-order chi connectivity index (χ0) is 4.00. The zero-order valence-corrected chi connectivity index (χ0v) is 15.9. The van der Waals surface area contributed by atoms with Gasteiger partial charge in [-0.15, -0.1) is 0 Å². The van der Waals surface area contributed by atoms with Crippen molar-refractivity contribution in [1.82, 2.24) is 0 Å². The van der Waals surface area contributed by atoms with Crippen LogP contribution < -0.4 is 0 Å². The summed E-state index contributed by atoms with van der Waals surface area (Å²) < 4.78 is 16.8. The number of rotatable bonds is 0. The molecule has 3 nitrogen and oxygen atoms in total. The summed E-state index contributed by atoms with van der Waals surface area (Å²) in [6.07, 6.45) is 0. The van der Waals surface area contributed by atoms with Gasteiger partial charge in [0.1, 0.15) is 0 Å². The second-order valence-corrected chi connectivity index (χ2v) is 0. The van der Waals surface area contributed by atoms with E-state index in [0.717, 1.165) is 0 Å². The van der Waals surface area contributed by atoms with E-state index in [1.807, 2.05) is 0 Å². The summed E-state index contributed by atoms with van der Waals surface area (Å²) >= 11 is 0.250. The van der Waals surface area contributed by atoms with Crippen LogP contribution in [-0.2, 0) is 7.32 Å². The van der Waals surface area contributed by atoms with Crippen LogP contribution in [0.3, 0.4) is 0 Å². The molecule has 0 aromatic heterocycles. The van der Waals surface area contributed by atoms with E-state index in [-0.39, 0.29) is 89.4 Å². The minimum absolute atomic E-state index is 0. The fraction of sp³-hybridized carbons (Fsp3) is 0. The van der Waals surface area contributed by atoms with Gasteiger partial charge in [0, 0.05) is 0 Å². The van der Waals surface area contributed by atoms with E-state index in [4.69, 9.17) is 7.32 Å². The molecular formula is H5BaGaGeO3. The first-order valence-corrected chi connectivity index (χ1v) is 3.00. The third kappa shape index (κ3) is 33.3. The van der Waals surface area contributed by atoms with Crippen LogP contribution in [0.2, 0.25) is 0 Å². The van der Waals surface area contributed by atoms with Crippen LogP contribution in [0.5, 0.6) is 0 Å². The first-order chi connectivity index (χ1) is 2.00. The molecule has 0 saturated carbocycles. The van der Waals surface area contributed by atoms with Crippen LogP contribution >= 0.6 is 0 Å². The van der Waals surface area contributed by atoms with E-state index in [0.29, 0.717) is 0 Å². The molecule has 0 spiro atoms. The number of hydrogen-bond acceptors (Lipinski definition) is 3. The Balaban J connectivity index is -0.00000000500. The minimum atomic E-state index is 0. The summed E-state index contributed by atoms with van der Waals surface area (Å²) in [5, 5.41) is 0. The molecule has 0 heterocycles. The van der Waals surface area contributed by atoms with Crippen LogP contribution in [0.15, 0.2) is 0 Å². The van der Waals surface area contributed by atoms with Gasteiger partial charge in [0.05, 0.1) is 0 Å².